The molecule has 0 aliphatic carbocycles. The summed E-state index contributed by atoms with van der Waals surface area (Å²) in [4.78, 5) is 52.9. The monoisotopic (exact) mass is 550 g/mol. The minimum atomic E-state index is -4.39. The third-order valence-electron chi connectivity index (χ3n) is 5.65. The Kier molecular flexibility index (Phi) is 11.8. The van der Waals surface area contributed by atoms with E-state index >= 15 is 0 Å². The van der Waals surface area contributed by atoms with Crippen LogP contribution in [0.2, 0.25) is 0 Å². The molecule has 39 heavy (non-hydrogen) atoms. The third kappa shape index (κ3) is 10.7. The van der Waals surface area contributed by atoms with Crippen LogP contribution in [0, 0.1) is 0 Å². The molecule has 0 saturated heterocycles. The number of esters is 1. The highest BCUT2D eigenvalue weighted by Gasteiger charge is 2.32. The second kappa shape index (κ2) is 14.7. The molecule has 9 nitrogen and oxygen atoms in total. The average Bonchev–Trinajstić information content (AvgIpc) is 3.37. The number of amides is 3. The number of alkyl halides is 3. The molecule has 0 fully saturated rings. The van der Waals surface area contributed by atoms with E-state index in [1.165, 1.54) is 25.1 Å². The van der Waals surface area contributed by atoms with Crippen LogP contribution in [0.3, 0.4) is 0 Å². The summed E-state index contributed by atoms with van der Waals surface area (Å²) in [6.45, 7) is 2.94. The van der Waals surface area contributed by atoms with Crippen molar-refractivity contribution in [2.45, 2.75) is 64.5 Å². The number of ether oxygens (including phenoxy) is 1. The Morgan fingerprint density at radius 3 is 2.41 bits per heavy atom. The molecule has 1 heterocycles. The SMILES string of the molecule is CCOC(=O)/C(=C/CCCC(N)=O)N(NC(=O)c1ccc(C(C)CC(F)(F)F)[nH]1)C(=O)CCc1ccccc1. The number of hydrogen-bond acceptors (Lipinski definition) is 5. The molecule has 1 aromatic heterocycles. The molecule has 0 aliphatic heterocycles. The van der Waals surface area contributed by atoms with Crippen LogP contribution in [0.25, 0.3) is 0 Å². The second-order valence-corrected chi connectivity index (χ2v) is 8.87. The number of primary amides is 1. The first-order valence-electron chi connectivity index (χ1n) is 12.5. The van der Waals surface area contributed by atoms with Crippen LogP contribution in [0.4, 0.5) is 13.2 Å². The number of hydrazine groups is 1. The van der Waals surface area contributed by atoms with Gasteiger partial charge in [0.15, 0.2) is 0 Å². The van der Waals surface area contributed by atoms with Crippen LogP contribution in [-0.2, 0) is 25.5 Å². The van der Waals surface area contributed by atoms with E-state index in [2.05, 4.69) is 10.4 Å². The van der Waals surface area contributed by atoms with Crippen molar-refractivity contribution in [2.24, 2.45) is 5.73 Å². The predicted molar refractivity (Wildman–Crippen MR) is 137 cm³/mol. The van der Waals surface area contributed by atoms with Crippen molar-refractivity contribution in [1.82, 2.24) is 15.4 Å². The molecular formula is C27H33F3N4O5. The molecule has 1 atom stereocenters. The number of rotatable bonds is 13. The van der Waals surface area contributed by atoms with Crippen LogP contribution in [0.15, 0.2) is 54.2 Å². The maximum atomic E-state index is 13.3. The molecule has 2 aromatic rings. The van der Waals surface area contributed by atoms with E-state index in [0.29, 0.717) is 6.42 Å². The number of carbonyl (C=O) groups excluding carboxylic acids is 4. The first-order valence-corrected chi connectivity index (χ1v) is 12.5. The number of nitrogens with one attached hydrogen (secondary N) is 2. The molecule has 12 heteroatoms. The van der Waals surface area contributed by atoms with E-state index in [-0.39, 0.29) is 49.4 Å². The third-order valence-corrected chi connectivity index (χ3v) is 5.65. The van der Waals surface area contributed by atoms with Gasteiger partial charge in [-0.25, -0.2) is 9.80 Å². The smallest absolute Gasteiger partial charge is 0.389 e. The predicted octanol–water partition coefficient (Wildman–Crippen LogP) is 4.28. The zero-order valence-corrected chi connectivity index (χ0v) is 21.8. The number of allylic oxidation sites excluding steroid dienone is 1. The molecule has 1 aromatic carbocycles. The van der Waals surface area contributed by atoms with Gasteiger partial charge in [-0.1, -0.05) is 43.3 Å². The Labute approximate surface area is 224 Å². The zero-order valence-electron chi connectivity index (χ0n) is 21.8. The molecule has 0 saturated carbocycles. The number of nitrogens with zero attached hydrogens (tertiary/aromatic N) is 1. The summed E-state index contributed by atoms with van der Waals surface area (Å²) in [6.07, 6.45) is -3.36. The second-order valence-electron chi connectivity index (χ2n) is 8.87. The van der Waals surface area contributed by atoms with E-state index in [9.17, 15) is 32.3 Å². The number of aromatic amines is 1. The first-order chi connectivity index (χ1) is 18.4. The Hall–Kier alpha value is -4.09. The number of carbonyl (C=O) groups is 4. The van der Waals surface area contributed by atoms with Crippen molar-refractivity contribution in [3.8, 4) is 0 Å². The Morgan fingerprint density at radius 2 is 1.79 bits per heavy atom. The Morgan fingerprint density at radius 1 is 1.10 bits per heavy atom. The highest BCUT2D eigenvalue weighted by atomic mass is 19.4. The van der Waals surface area contributed by atoms with Crippen LogP contribution >= 0.6 is 0 Å². The molecule has 1 unspecified atom stereocenters. The van der Waals surface area contributed by atoms with Crippen molar-refractivity contribution in [3.05, 3.63) is 71.2 Å². The van der Waals surface area contributed by atoms with Gasteiger partial charge in [0, 0.05) is 24.5 Å². The lowest BCUT2D eigenvalue weighted by molar-refractivity contribution is -0.145. The van der Waals surface area contributed by atoms with Crippen molar-refractivity contribution >= 4 is 23.7 Å². The summed E-state index contributed by atoms with van der Waals surface area (Å²) in [5.74, 6) is -3.82. The number of nitrogens with two attached hydrogens (primary N) is 1. The number of H-pyrrole nitrogens is 1. The van der Waals surface area contributed by atoms with E-state index in [4.69, 9.17) is 10.5 Å². The first kappa shape index (κ1) is 31.1. The molecule has 212 valence electrons. The number of halogens is 3. The van der Waals surface area contributed by atoms with Gasteiger partial charge in [-0.3, -0.25) is 19.8 Å². The Bertz CT molecular complexity index is 1160. The zero-order chi connectivity index (χ0) is 29.0. The molecule has 3 amide bonds. The summed E-state index contributed by atoms with van der Waals surface area (Å²) in [7, 11) is 0. The van der Waals surface area contributed by atoms with Crippen LogP contribution in [0.1, 0.15) is 73.6 Å². The van der Waals surface area contributed by atoms with Gasteiger partial charge in [0.2, 0.25) is 11.8 Å². The minimum Gasteiger partial charge on any atom is -0.461 e. The van der Waals surface area contributed by atoms with Crippen LogP contribution in [0.5, 0.6) is 0 Å². The lowest BCUT2D eigenvalue weighted by Gasteiger charge is -2.25. The lowest BCUT2D eigenvalue weighted by atomic mass is 10.0. The lowest BCUT2D eigenvalue weighted by Crippen LogP contribution is -2.47. The molecular weight excluding hydrogens is 517 g/mol. The Balaban J connectivity index is 2.32. The van der Waals surface area contributed by atoms with E-state index < -0.39 is 42.2 Å². The van der Waals surface area contributed by atoms with Crippen molar-refractivity contribution < 1.29 is 37.1 Å². The van der Waals surface area contributed by atoms with Gasteiger partial charge in [-0.15, -0.1) is 0 Å². The molecule has 2 rings (SSSR count). The van der Waals surface area contributed by atoms with Gasteiger partial charge >= 0.3 is 12.1 Å². The molecule has 0 spiro atoms. The topological polar surface area (TPSA) is 135 Å². The van der Waals surface area contributed by atoms with Crippen LogP contribution in [-0.4, -0.2) is 46.5 Å². The van der Waals surface area contributed by atoms with Gasteiger partial charge in [0.25, 0.3) is 5.91 Å². The molecule has 0 bridgehead atoms. The number of aryl methyl sites for hydroxylation is 1. The average molecular weight is 551 g/mol. The van der Waals surface area contributed by atoms with E-state index in [1.54, 1.807) is 6.92 Å². The summed E-state index contributed by atoms with van der Waals surface area (Å²) >= 11 is 0. The standard InChI is InChI=1S/C27H33F3N4O5/c1-3-39-26(38)22(11-7-8-12-23(31)35)34(24(36)16-13-19-9-5-4-6-10-19)33-25(37)21-15-14-20(32-21)18(2)17-27(28,29)30/h4-6,9-11,14-15,18,32H,3,7-8,12-13,16-17H2,1-2H3,(H2,31,35)(H,33,37)/b22-11-. The normalized spacial score (nSPS) is 12.5. The minimum absolute atomic E-state index is 0.00542. The summed E-state index contributed by atoms with van der Waals surface area (Å²) < 4.78 is 43.5. The largest absolute Gasteiger partial charge is 0.461 e. The van der Waals surface area contributed by atoms with Crippen molar-refractivity contribution in [3.63, 3.8) is 0 Å². The molecule has 0 radical (unpaired) electrons. The van der Waals surface area contributed by atoms with Gasteiger partial charge in [-0.2, -0.15) is 13.2 Å². The molecule has 0 aliphatic rings. The fourth-order valence-corrected chi connectivity index (χ4v) is 3.70. The number of aromatic nitrogens is 1. The number of unbranched alkanes of at least 4 members (excludes halogenated alkanes) is 1. The summed E-state index contributed by atoms with van der Waals surface area (Å²) in [5.41, 5.74) is 8.24. The maximum absolute atomic E-state index is 13.3. The fraction of sp³-hybridized carbons (Fsp3) is 0.407. The highest BCUT2D eigenvalue weighted by molar-refractivity contribution is 5.98. The fourth-order valence-electron chi connectivity index (χ4n) is 3.70. The van der Waals surface area contributed by atoms with Crippen molar-refractivity contribution in [2.75, 3.05) is 6.61 Å². The quantitative estimate of drug-likeness (QED) is 0.148. The number of benzene rings is 1. The van der Waals surface area contributed by atoms with Crippen LogP contribution < -0.4 is 11.2 Å². The van der Waals surface area contributed by atoms with Gasteiger partial charge < -0.3 is 15.5 Å². The van der Waals surface area contributed by atoms with Crippen molar-refractivity contribution in [1.29, 1.82) is 0 Å². The summed E-state index contributed by atoms with van der Waals surface area (Å²) in [6, 6.07) is 11.7. The van der Waals surface area contributed by atoms with Gasteiger partial charge in [-0.05, 0) is 43.9 Å². The summed E-state index contributed by atoms with van der Waals surface area (Å²) in [5, 5.41) is 0.785. The van der Waals surface area contributed by atoms with E-state index in [0.717, 1.165) is 10.6 Å². The van der Waals surface area contributed by atoms with E-state index in [1.807, 2.05) is 30.3 Å². The van der Waals surface area contributed by atoms with Gasteiger partial charge in [0.05, 0.1) is 13.0 Å². The maximum Gasteiger partial charge on any atom is 0.389 e. The highest BCUT2D eigenvalue weighted by Crippen LogP contribution is 2.30. The van der Waals surface area contributed by atoms with Gasteiger partial charge in [0.1, 0.15) is 11.4 Å². The molecule has 4 N–H and O–H groups in total. The number of hydrogen-bond donors (Lipinski definition) is 3.